The van der Waals surface area contributed by atoms with E-state index in [1.54, 1.807) is 0 Å². The molecular formula is C24H25N2P. The van der Waals surface area contributed by atoms with Crippen molar-refractivity contribution in [1.29, 1.82) is 0 Å². The summed E-state index contributed by atoms with van der Waals surface area (Å²) in [6, 6.07) is 28.7. The molecule has 0 aliphatic carbocycles. The molecule has 4 rings (SSSR count). The largest absolute Gasteiger partial charge is 0.272 e. The standard InChI is InChI=1S/C24H25N2P/c1-25(2)27(26(3)4)23-17-16-19-11-6-8-14-21(19)24(23)22-15-9-12-18-10-5-7-13-20(18)22/h5-17H,1-4H3. The molecule has 0 bridgehead atoms. The van der Waals surface area contributed by atoms with Crippen molar-refractivity contribution < 1.29 is 0 Å². The molecule has 0 N–H and O–H groups in total. The fraction of sp³-hybridized carbons (Fsp3) is 0.167. The van der Waals surface area contributed by atoms with Gasteiger partial charge in [-0.2, -0.15) is 0 Å². The van der Waals surface area contributed by atoms with E-state index in [4.69, 9.17) is 0 Å². The molecule has 0 atom stereocenters. The highest BCUT2D eigenvalue weighted by molar-refractivity contribution is 7.61. The molecule has 27 heavy (non-hydrogen) atoms. The van der Waals surface area contributed by atoms with Crippen molar-refractivity contribution in [2.75, 3.05) is 28.2 Å². The number of hydrogen-bond acceptors (Lipinski definition) is 2. The third-order valence-corrected chi connectivity index (χ3v) is 7.26. The molecule has 0 fully saturated rings. The maximum atomic E-state index is 2.34. The molecule has 0 spiro atoms. The van der Waals surface area contributed by atoms with Crippen molar-refractivity contribution in [3.8, 4) is 11.1 Å². The minimum atomic E-state index is -0.580. The first kappa shape index (κ1) is 18.1. The normalized spacial score (nSPS) is 12.0. The van der Waals surface area contributed by atoms with Gasteiger partial charge >= 0.3 is 0 Å². The van der Waals surface area contributed by atoms with Gasteiger partial charge in [-0.3, -0.25) is 9.34 Å². The predicted molar refractivity (Wildman–Crippen MR) is 121 cm³/mol. The van der Waals surface area contributed by atoms with Gasteiger partial charge < -0.3 is 0 Å². The molecular weight excluding hydrogens is 347 g/mol. The first-order valence-corrected chi connectivity index (χ1v) is 10.5. The summed E-state index contributed by atoms with van der Waals surface area (Å²) in [7, 11) is 8.12. The number of hydrogen-bond donors (Lipinski definition) is 0. The van der Waals surface area contributed by atoms with Gasteiger partial charge in [0.1, 0.15) is 0 Å². The molecule has 2 nitrogen and oxygen atoms in total. The second-order valence-corrected chi connectivity index (χ2v) is 9.85. The summed E-state index contributed by atoms with van der Waals surface area (Å²) in [4.78, 5) is 0. The van der Waals surface area contributed by atoms with E-state index in [1.807, 2.05) is 0 Å². The van der Waals surface area contributed by atoms with E-state index in [1.165, 1.54) is 38.0 Å². The topological polar surface area (TPSA) is 6.48 Å². The molecule has 136 valence electrons. The maximum Gasteiger partial charge on any atom is 0.0720 e. The Morgan fingerprint density at radius 1 is 0.556 bits per heavy atom. The highest BCUT2D eigenvalue weighted by Crippen LogP contribution is 2.45. The number of benzene rings is 4. The molecule has 0 aromatic heterocycles. The van der Waals surface area contributed by atoms with E-state index < -0.39 is 8.22 Å². The number of rotatable bonds is 4. The third kappa shape index (κ3) is 3.26. The van der Waals surface area contributed by atoms with E-state index in [2.05, 4.69) is 116 Å². The molecule has 0 aliphatic rings. The molecule has 0 amide bonds. The van der Waals surface area contributed by atoms with E-state index in [0.717, 1.165) is 0 Å². The van der Waals surface area contributed by atoms with Gasteiger partial charge in [0.2, 0.25) is 0 Å². The summed E-state index contributed by atoms with van der Waals surface area (Å²) in [5.74, 6) is 0. The summed E-state index contributed by atoms with van der Waals surface area (Å²) in [6.45, 7) is 0. The first-order valence-electron chi connectivity index (χ1n) is 9.22. The molecule has 0 radical (unpaired) electrons. The Labute approximate surface area is 162 Å². The monoisotopic (exact) mass is 372 g/mol. The van der Waals surface area contributed by atoms with Crippen LogP contribution in [0.4, 0.5) is 0 Å². The lowest BCUT2D eigenvalue weighted by atomic mass is 9.94. The van der Waals surface area contributed by atoms with Gasteiger partial charge in [-0.15, -0.1) is 0 Å². The summed E-state index contributed by atoms with van der Waals surface area (Å²) in [5.41, 5.74) is 2.68. The van der Waals surface area contributed by atoms with Crippen molar-refractivity contribution in [3.05, 3.63) is 78.9 Å². The average molecular weight is 372 g/mol. The molecule has 4 aromatic carbocycles. The van der Waals surface area contributed by atoms with Crippen LogP contribution in [0, 0.1) is 0 Å². The fourth-order valence-corrected chi connectivity index (χ4v) is 6.17. The fourth-order valence-electron chi connectivity index (χ4n) is 3.94. The Kier molecular flexibility index (Phi) is 4.97. The van der Waals surface area contributed by atoms with Crippen molar-refractivity contribution in [2.45, 2.75) is 0 Å². The van der Waals surface area contributed by atoms with Crippen LogP contribution in [0.15, 0.2) is 78.9 Å². The molecule has 3 heteroatoms. The Bertz CT molecular complexity index is 1090. The van der Waals surface area contributed by atoms with Crippen LogP contribution in [0.5, 0.6) is 0 Å². The van der Waals surface area contributed by atoms with E-state index in [-0.39, 0.29) is 0 Å². The van der Waals surface area contributed by atoms with Gasteiger partial charge in [0, 0.05) is 10.9 Å². The van der Waals surface area contributed by atoms with Crippen LogP contribution in [0.3, 0.4) is 0 Å². The van der Waals surface area contributed by atoms with Crippen molar-refractivity contribution >= 4 is 35.1 Å². The van der Waals surface area contributed by atoms with Crippen LogP contribution in [0.25, 0.3) is 32.7 Å². The zero-order chi connectivity index (χ0) is 19.0. The van der Waals surface area contributed by atoms with Gasteiger partial charge in [-0.25, -0.2) is 0 Å². The molecule has 0 unspecified atom stereocenters. The SMILES string of the molecule is CN(C)P(c1ccc2ccccc2c1-c1cccc2ccccc12)N(C)C. The number of nitrogens with zero attached hydrogens (tertiary/aromatic N) is 2. The zero-order valence-corrected chi connectivity index (χ0v) is 17.2. The predicted octanol–water partition coefficient (Wildman–Crippen LogP) is 5.72. The van der Waals surface area contributed by atoms with Crippen LogP contribution in [-0.4, -0.2) is 37.5 Å². The summed E-state index contributed by atoms with van der Waals surface area (Å²) in [5, 5.41) is 6.60. The van der Waals surface area contributed by atoms with Gasteiger partial charge in [0.25, 0.3) is 0 Å². The lowest BCUT2D eigenvalue weighted by Crippen LogP contribution is -2.25. The molecule has 4 aromatic rings. The van der Waals surface area contributed by atoms with E-state index in [0.29, 0.717) is 0 Å². The highest BCUT2D eigenvalue weighted by Gasteiger charge is 2.23. The molecule has 0 saturated heterocycles. The molecule has 0 aliphatic heterocycles. The van der Waals surface area contributed by atoms with Gasteiger partial charge in [0.05, 0.1) is 8.22 Å². The summed E-state index contributed by atoms with van der Waals surface area (Å²) < 4.78 is 4.68. The summed E-state index contributed by atoms with van der Waals surface area (Å²) >= 11 is 0. The van der Waals surface area contributed by atoms with Crippen LogP contribution < -0.4 is 5.30 Å². The number of fused-ring (bicyclic) bond motifs is 2. The Hall–Kier alpha value is -2.25. The third-order valence-electron chi connectivity index (χ3n) is 4.94. The smallest absolute Gasteiger partial charge is 0.0720 e. The lowest BCUT2D eigenvalue weighted by Gasteiger charge is -2.32. The zero-order valence-electron chi connectivity index (χ0n) is 16.3. The van der Waals surface area contributed by atoms with Crippen LogP contribution in [-0.2, 0) is 0 Å². The highest BCUT2D eigenvalue weighted by atomic mass is 31.1. The van der Waals surface area contributed by atoms with E-state index >= 15 is 0 Å². The lowest BCUT2D eigenvalue weighted by molar-refractivity contribution is 0.584. The Morgan fingerprint density at radius 3 is 1.78 bits per heavy atom. The van der Waals surface area contributed by atoms with E-state index in [9.17, 15) is 0 Å². The van der Waals surface area contributed by atoms with Crippen molar-refractivity contribution in [1.82, 2.24) is 9.34 Å². The second-order valence-electron chi connectivity index (χ2n) is 7.19. The van der Waals surface area contributed by atoms with Crippen LogP contribution >= 0.6 is 8.22 Å². The quantitative estimate of drug-likeness (QED) is 0.423. The second kappa shape index (κ2) is 7.40. The van der Waals surface area contributed by atoms with Gasteiger partial charge in [0.15, 0.2) is 0 Å². The molecule has 0 saturated carbocycles. The van der Waals surface area contributed by atoms with Gasteiger partial charge in [-0.1, -0.05) is 78.9 Å². The average Bonchev–Trinajstić information content (AvgIpc) is 2.67. The van der Waals surface area contributed by atoms with Crippen LogP contribution in [0.2, 0.25) is 0 Å². The van der Waals surface area contributed by atoms with Crippen molar-refractivity contribution in [3.63, 3.8) is 0 Å². The maximum absolute atomic E-state index is 2.34. The summed E-state index contributed by atoms with van der Waals surface area (Å²) in [6.07, 6.45) is 0. The van der Waals surface area contributed by atoms with Crippen molar-refractivity contribution in [2.24, 2.45) is 0 Å². The molecule has 0 heterocycles. The minimum absolute atomic E-state index is 0.580. The van der Waals surface area contributed by atoms with Crippen LogP contribution in [0.1, 0.15) is 0 Å². The minimum Gasteiger partial charge on any atom is -0.272 e. The first-order chi connectivity index (χ1) is 13.1. The van der Waals surface area contributed by atoms with Gasteiger partial charge in [-0.05, 0) is 55.3 Å². The Morgan fingerprint density at radius 2 is 1.11 bits per heavy atom. The Balaban J connectivity index is 2.13.